The first-order chi connectivity index (χ1) is 15.9. The molecule has 4 aromatic rings. The highest BCUT2D eigenvalue weighted by Gasteiger charge is 2.34. The lowest BCUT2D eigenvalue weighted by molar-refractivity contribution is -0.140. The Kier molecular flexibility index (Phi) is 5.44. The normalized spacial score (nSPS) is 19.0. The van der Waals surface area contributed by atoms with Crippen LogP contribution >= 0.6 is 0 Å². The van der Waals surface area contributed by atoms with Crippen LogP contribution in [0.2, 0.25) is 0 Å². The van der Waals surface area contributed by atoms with Crippen molar-refractivity contribution < 1.29 is 22.4 Å². The quantitative estimate of drug-likeness (QED) is 0.389. The second-order valence-electron chi connectivity index (χ2n) is 8.38. The van der Waals surface area contributed by atoms with Crippen LogP contribution in [0.1, 0.15) is 41.7 Å². The summed E-state index contributed by atoms with van der Waals surface area (Å²) in [7, 11) is 0. The zero-order valence-electron chi connectivity index (χ0n) is 17.7. The molecule has 2 N–H and O–H groups in total. The van der Waals surface area contributed by atoms with Gasteiger partial charge in [-0.2, -0.15) is 13.2 Å². The minimum absolute atomic E-state index is 0.00383. The van der Waals surface area contributed by atoms with Crippen molar-refractivity contribution in [3.8, 4) is 0 Å². The number of anilines is 1. The van der Waals surface area contributed by atoms with Gasteiger partial charge in [-0.1, -0.05) is 36.4 Å². The van der Waals surface area contributed by atoms with E-state index in [-0.39, 0.29) is 18.0 Å². The SMILES string of the molecule is O=C(NC1CCC(Nc2cc(C(F)(F)F)nc3ccccc23)CC1)c1coc2ccccc12. The molecule has 0 bridgehead atoms. The molecule has 0 atom stereocenters. The molecule has 1 aliphatic carbocycles. The molecule has 5 nitrogen and oxygen atoms in total. The van der Waals surface area contributed by atoms with E-state index < -0.39 is 11.9 Å². The van der Waals surface area contributed by atoms with Crippen LogP contribution in [0.4, 0.5) is 18.9 Å². The summed E-state index contributed by atoms with van der Waals surface area (Å²) in [6.07, 6.45) is -0.119. The minimum Gasteiger partial charge on any atom is -0.463 e. The number of alkyl halides is 3. The van der Waals surface area contributed by atoms with Crippen LogP contribution in [0.5, 0.6) is 0 Å². The molecule has 0 unspecified atom stereocenters. The standard InChI is InChI=1S/C25H22F3N3O2/c26-25(27,28)23-13-21(18-6-1-3-7-20(18)31-23)29-15-9-11-16(12-10-15)30-24(32)19-14-33-22-8-4-2-5-17(19)22/h1-8,13-16H,9-12H2,(H,29,31)(H,30,32). The van der Waals surface area contributed by atoms with Crippen LogP contribution < -0.4 is 10.6 Å². The smallest absolute Gasteiger partial charge is 0.433 e. The number of fused-ring (bicyclic) bond motifs is 2. The number of rotatable bonds is 4. The number of para-hydroxylation sites is 2. The van der Waals surface area contributed by atoms with Crippen molar-refractivity contribution in [2.45, 2.75) is 43.9 Å². The highest BCUT2D eigenvalue weighted by molar-refractivity contribution is 6.06. The second-order valence-corrected chi connectivity index (χ2v) is 8.38. The Labute approximate surface area is 188 Å². The van der Waals surface area contributed by atoms with E-state index in [2.05, 4.69) is 15.6 Å². The molecular weight excluding hydrogens is 431 g/mol. The number of aromatic nitrogens is 1. The number of furan rings is 1. The lowest BCUT2D eigenvalue weighted by atomic mass is 9.90. The van der Waals surface area contributed by atoms with Crippen molar-refractivity contribution in [2.24, 2.45) is 0 Å². The van der Waals surface area contributed by atoms with E-state index in [1.807, 2.05) is 24.3 Å². The van der Waals surface area contributed by atoms with Crippen molar-refractivity contribution in [3.05, 3.63) is 72.1 Å². The molecule has 1 amide bonds. The van der Waals surface area contributed by atoms with E-state index in [0.29, 0.717) is 27.7 Å². The van der Waals surface area contributed by atoms with Gasteiger partial charge in [-0.3, -0.25) is 4.79 Å². The first kappa shape index (κ1) is 21.3. The fourth-order valence-electron chi connectivity index (χ4n) is 4.46. The maximum Gasteiger partial charge on any atom is 0.433 e. The highest BCUT2D eigenvalue weighted by atomic mass is 19.4. The molecule has 1 saturated carbocycles. The van der Waals surface area contributed by atoms with Gasteiger partial charge < -0.3 is 15.1 Å². The lowest BCUT2D eigenvalue weighted by Gasteiger charge is -2.30. The number of amides is 1. The van der Waals surface area contributed by atoms with Gasteiger partial charge in [0, 0.05) is 28.5 Å². The topological polar surface area (TPSA) is 67.2 Å². The van der Waals surface area contributed by atoms with Gasteiger partial charge in [0.1, 0.15) is 17.5 Å². The third-order valence-electron chi connectivity index (χ3n) is 6.15. The molecular formula is C25H22F3N3O2. The van der Waals surface area contributed by atoms with Gasteiger partial charge in [-0.05, 0) is 43.9 Å². The van der Waals surface area contributed by atoms with E-state index in [1.54, 1.807) is 24.3 Å². The van der Waals surface area contributed by atoms with E-state index in [0.717, 1.165) is 37.1 Å². The molecule has 0 spiro atoms. The lowest BCUT2D eigenvalue weighted by Crippen LogP contribution is -2.40. The summed E-state index contributed by atoms with van der Waals surface area (Å²) >= 11 is 0. The zero-order chi connectivity index (χ0) is 23.0. The maximum absolute atomic E-state index is 13.3. The minimum atomic E-state index is -4.51. The molecule has 2 heterocycles. The number of hydrogen-bond acceptors (Lipinski definition) is 4. The number of nitrogens with one attached hydrogen (secondary N) is 2. The Morgan fingerprint density at radius 2 is 1.61 bits per heavy atom. The van der Waals surface area contributed by atoms with Crippen molar-refractivity contribution in [1.82, 2.24) is 10.3 Å². The Balaban J connectivity index is 1.26. The van der Waals surface area contributed by atoms with Gasteiger partial charge in [0.15, 0.2) is 0 Å². The fraction of sp³-hybridized carbons (Fsp3) is 0.280. The predicted molar refractivity (Wildman–Crippen MR) is 120 cm³/mol. The van der Waals surface area contributed by atoms with E-state index in [4.69, 9.17) is 4.42 Å². The molecule has 0 radical (unpaired) electrons. The molecule has 5 rings (SSSR count). The summed E-state index contributed by atoms with van der Waals surface area (Å²) in [5, 5.41) is 7.80. The van der Waals surface area contributed by atoms with Crippen LogP contribution in [-0.2, 0) is 6.18 Å². The summed E-state index contributed by atoms with van der Waals surface area (Å²) in [6, 6.07) is 15.3. The summed E-state index contributed by atoms with van der Waals surface area (Å²) in [6.45, 7) is 0. The third-order valence-corrected chi connectivity index (χ3v) is 6.15. The summed E-state index contributed by atoms with van der Waals surface area (Å²) in [4.78, 5) is 16.5. The van der Waals surface area contributed by atoms with Gasteiger partial charge >= 0.3 is 6.18 Å². The Morgan fingerprint density at radius 1 is 0.939 bits per heavy atom. The molecule has 1 fully saturated rings. The van der Waals surface area contributed by atoms with E-state index in [1.165, 1.54) is 6.26 Å². The second kappa shape index (κ2) is 8.42. The predicted octanol–water partition coefficient (Wildman–Crippen LogP) is 6.15. The molecule has 33 heavy (non-hydrogen) atoms. The zero-order valence-corrected chi connectivity index (χ0v) is 17.7. The molecule has 1 aliphatic rings. The van der Waals surface area contributed by atoms with Crippen molar-refractivity contribution in [2.75, 3.05) is 5.32 Å². The third kappa shape index (κ3) is 4.37. The molecule has 170 valence electrons. The Hall–Kier alpha value is -3.55. The largest absolute Gasteiger partial charge is 0.463 e. The van der Waals surface area contributed by atoms with Crippen LogP contribution in [0.15, 0.2) is 65.3 Å². The Bertz CT molecular complexity index is 1310. The number of benzene rings is 2. The van der Waals surface area contributed by atoms with Gasteiger partial charge in [-0.15, -0.1) is 0 Å². The summed E-state index contributed by atoms with van der Waals surface area (Å²) in [5.41, 5.74) is 1.01. The van der Waals surface area contributed by atoms with Gasteiger partial charge in [0.2, 0.25) is 0 Å². The average Bonchev–Trinajstić information content (AvgIpc) is 3.24. The first-order valence-corrected chi connectivity index (χ1v) is 10.9. The van der Waals surface area contributed by atoms with Gasteiger partial charge in [-0.25, -0.2) is 4.98 Å². The van der Waals surface area contributed by atoms with Crippen LogP contribution in [0, 0.1) is 0 Å². The molecule has 2 aromatic carbocycles. The number of nitrogens with zero attached hydrogens (tertiary/aromatic N) is 1. The first-order valence-electron chi connectivity index (χ1n) is 10.9. The van der Waals surface area contributed by atoms with Crippen LogP contribution in [0.25, 0.3) is 21.9 Å². The van der Waals surface area contributed by atoms with Crippen LogP contribution in [-0.4, -0.2) is 23.0 Å². The molecule has 0 aliphatic heterocycles. The van der Waals surface area contributed by atoms with Gasteiger partial charge in [0.25, 0.3) is 5.91 Å². The molecule has 8 heteroatoms. The average molecular weight is 453 g/mol. The number of halogens is 3. The maximum atomic E-state index is 13.3. The number of hydrogen-bond donors (Lipinski definition) is 2. The fourth-order valence-corrected chi connectivity index (χ4v) is 4.46. The number of carbonyl (C=O) groups excluding carboxylic acids is 1. The van der Waals surface area contributed by atoms with E-state index >= 15 is 0 Å². The molecule has 0 saturated heterocycles. The van der Waals surface area contributed by atoms with Crippen molar-refractivity contribution in [1.29, 1.82) is 0 Å². The summed E-state index contributed by atoms with van der Waals surface area (Å²) < 4.78 is 45.4. The van der Waals surface area contributed by atoms with E-state index in [9.17, 15) is 18.0 Å². The molecule has 2 aromatic heterocycles. The highest BCUT2D eigenvalue weighted by Crippen LogP contribution is 2.34. The van der Waals surface area contributed by atoms with Crippen molar-refractivity contribution >= 4 is 33.5 Å². The summed E-state index contributed by atoms with van der Waals surface area (Å²) in [5.74, 6) is -0.175. The number of carbonyl (C=O) groups is 1. The van der Waals surface area contributed by atoms with Crippen molar-refractivity contribution in [3.63, 3.8) is 0 Å². The monoisotopic (exact) mass is 453 g/mol. The van der Waals surface area contributed by atoms with Crippen LogP contribution in [0.3, 0.4) is 0 Å². The number of pyridine rings is 1. The Morgan fingerprint density at radius 3 is 2.36 bits per heavy atom. The van der Waals surface area contributed by atoms with Gasteiger partial charge in [0.05, 0.1) is 11.1 Å².